The molecule has 6 nitrogen and oxygen atoms in total. The first-order valence-corrected chi connectivity index (χ1v) is 10.7. The Bertz CT molecular complexity index is 836. The number of nitrogens with one attached hydrogen (secondary N) is 3. The fourth-order valence-electron chi connectivity index (χ4n) is 2.56. The molecule has 160 valence electrons. The summed E-state index contributed by atoms with van der Waals surface area (Å²) in [5.41, 5.74) is 1.75. The average molecular weight is 428 g/mol. The van der Waals surface area contributed by atoms with Crippen LogP contribution in [0.1, 0.15) is 60.2 Å². The van der Waals surface area contributed by atoms with Crippen molar-refractivity contribution in [1.29, 1.82) is 0 Å². The van der Waals surface area contributed by atoms with Gasteiger partial charge in [-0.1, -0.05) is 26.7 Å². The number of anilines is 1. The van der Waals surface area contributed by atoms with E-state index in [4.69, 9.17) is 17.0 Å². The summed E-state index contributed by atoms with van der Waals surface area (Å²) in [6, 6.07) is 13.9. The van der Waals surface area contributed by atoms with Gasteiger partial charge >= 0.3 is 0 Å². The predicted octanol–water partition coefficient (Wildman–Crippen LogP) is 4.52. The molecule has 0 saturated heterocycles. The van der Waals surface area contributed by atoms with Crippen molar-refractivity contribution in [3.8, 4) is 5.75 Å². The number of benzene rings is 2. The molecule has 7 heteroatoms. The molecule has 0 radical (unpaired) electrons. The second-order valence-corrected chi connectivity index (χ2v) is 7.23. The lowest BCUT2D eigenvalue weighted by molar-refractivity contribution is 0.0950. The first-order valence-electron chi connectivity index (χ1n) is 10.3. The molecule has 0 aliphatic carbocycles. The van der Waals surface area contributed by atoms with E-state index >= 15 is 0 Å². The van der Waals surface area contributed by atoms with Crippen molar-refractivity contribution in [1.82, 2.24) is 10.6 Å². The van der Waals surface area contributed by atoms with Crippen LogP contribution in [0.2, 0.25) is 0 Å². The summed E-state index contributed by atoms with van der Waals surface area (Å²) in [4.78, 5) is 24.4. The number of ether oxygens (including phenoxy) is 1. The van der Waals surface area contributed by atoms with E-state index < -0.39 is 0 Å². The summed E-state index contributed by atoms with van der Waals surface area (Å²) in [5, 5.41) is 8.65. The first kappa shape index (κ1) is 23.3. The van der Waals surface area contributed by atoms with Crippen LogP contribution >= 0.6 is 12.2 Å². The molecule has 0 saturated carbocycles. The van der Waals surface area contributed by atoms with E-state index in [2.05, 4.69) is 29.8 Å². The summed E-state index contributed by atoms with van der Waals surface area (Å²) < 4.78 is 5.60. The minimum Gasteiger partial charge on any atom is -0.494 e. The van der Waals surface area contributed by atoms with E-state index in [1.807, 2.05) is 0 Å². The van der Waals surface area contributed by atoms with Crippen molar-refractivity contribution in [2.45, 2.75) is 39.5 Å². The molecule has 2 amide bonds. The zero-order valence-electron chi connectivity index (χ0n) is 17.5. The standard InChI is InChI=1S/C23H29N3O3S/c1-3-5-15-24-21(27)17-7-11-19(12-8-17)25-23(30)26-22(28)18-9-13-20(14-10-18)29-16-6-4-2/h7-14H,3-6,15-16H2,1-2H3,(H,24,27)(H2,25,26,28,30). The number of rotatable bonds is 10. The zero-order valence-corrected chi connectivity index (χ0v) is 18.3. The molecule has 0 atom stereocenters. The van der Waals surface area contributed by atoms with Crippen molar-refractivity contribution in [2.24, 2.45) is 0 Å². The third-order valence-electron chi connectivity index (χ3n) is 4.33. The van der Waals surface area contributed by atoms with Gasteiger partial charge < -0.3 is 15.4 Å². The topological polar surface area (TPSA) is 79.5 Å². The molecule has 30 heavy (non-hydrogen) atoms. The maximum absolute atomic E-state index is 12.4. The van der Waals surface area contributed by atoms with Gasteiger partial charge in [-0.05, 0) is 73.6 Å². The van der Waals surface area contributed by atoms with Crippen LogP contribution in [-0.2, 0) is 0 Å². The lowest BCUT2D eigenvalue weighted by atomic mass is 10.2. The van der Waals surface area contributed by atoms with Gasteiger partial charge in [0.15, 0.2) is 5.11 Å². The number of thiocarbonyl (C=S) groups is 1. The molecular weight excluding hydrogens is 398 g/mol. The number of hydrogen-bond donors (Lipinski definition) is 3. The quantitative estimate of drug-likeness (QED) is 0.384. The Hall–Kier alpha value is -2.93. The minimum absolute atomic E-state index is 0.104. The SMILES string of the molecule is CCCCNC(=O)c1ccc(NC(=S)NC(=O)c2ccc(OCCCC)cc2)cc1. The zero-order chi connectivity index (χ0) is 21.8. The van der Waals surface area contributed by atoms with Crippen LogP contribution in [0.5, 0.6) is 5.75 Å². The second-order valence-electron chi connectivity index (χ2n) is 6.82. The van der Waals surface area contributed by atoms with E-state index in [0.29, 0.717) is 30.0 Å². The van der Waals surface area contributed by atoms with Crippen LogP contribution in [0.3, 0.4) is 0 Å². The highest BCUT2D eigenvalue weighted by Crippen LogP contribution is 2.13. The smallest absolute Gasteiger partial charge is 0.257 e. The van der Waals surface area contributed by atoms with Gasteiger partial charge in [-0.2, -0.15) is 0 Å². The first-order chi connectivity index (χ1) is 14.5. The van der Waals surface area contributed by atoms with Crippen molar-refractivity contribution >= 4 is 34.8 Å². The van der Waals surface area contributed by atoms with Crippen molar-refractivity contribution < 1.29 is 14.3 Å². The molecule has 0 aromatic heterocycles. The van der Waals surface area contributed by atoms with E-state index in [0.717, 1.165) is 31.4 Å². The van der Waals surface area contributed by atoms with Crippen molar-refractivity contribution in [2.75, 3.05) is 18.5 Å². The molecule has 2 aromatic rings. The van der Waals surface area contributed by atoms with Gasteiger partial charge in [0.1, 0.15) is 5.75 Å². The second kappa shape index (κ2) is 12.6. The summed E-state index contributed by atoms with van der Waals surface area (Å²) >= 11 is 5.22. The summed E-state index contributed by atoms with van der Waals surface area (Å²) in [6.45, 7) is 5.51. The molecule has 2 aromatic carbocycles. The van der Waals surface area contributed by atoms with Crippen molar-refractivity contribution in [3.05, 3.63) is 59.7 Å². The number of amides is 2. The van der Waals surface area contributed by atoms with Gasteiger partial charge in [0.25, 0.3) is 11.8 Å². The van der Waals surface area contributed by atoms with E-state index in [-0.39, 0.29) is 16.9 Å². The van der Waals surface area contributed by atoms with Crippen LogP contribution in [0.15, 0.2) is 48.5 Å². The Labute approximate surface area is 183 Å². The number of carbonyl (C=O) groups excluding carboxylic acids is 2. The largest absolute Gasteiger partial charge is 0.494 e. The fraction of sp³-hybridized carbons (Fsp3) is 0.348. The van der Waals surface area contributed by atoms with Gasteiger partial charge in [0, 0.05) is 23.4 Å². The summed E-state index contributed by atoms with van der Waals surface area (Å²) in [5.74, 6) is 0.326. The molecular formula is C23H29N3O3S. The fourth-order valence-corrected chi connectivity index (χ4v) is 2.77. The van der Waals surface area contributed by atoms with Gasteiger partial charge in [-0.25, -0.2) is 0 Å². The Morgan fingerprint density at radius 2 is 1.47 bits per heavy atom. The van der Waals surface area contributed by atoms with Gasteiger partial charge in [-0.15, -0.1) is 0 Å². The van der Waals surface area contributed by atoms with Gasteiger partial charge in [0.05, 0.1) is 6.61 Å². The Balaban J connectivity index is 1.83. The van der Waals surface area contributed by atoms with Crippen LogP contribution in [-0.4, -0.2) is 30.1 Å². The lowest BCUT2D eigenvalue weighted by Crippen LogP contribution is -2.34. The highest BCUT2D eigenvalue weighted by molar-refractivity contribution is 7.80. The van der Waals surface area contributed by atoms with E-state index in [9.17, 15) is 9.59 Å². The maximum atomic E-state index is 12.4. The predicted molar refractivity (Wildman–Crippen MR) is 124 cm³/mol. The molecule has 0 spiro atoms. The Morgan fingerprint density at radius 3 is 2.10 bits per heavy atom. The highest BCUT2D eigenvalue weighted by atomic mass is 32.1. The molecule has 3 N–H and O–H groups in total. The lowest BCUT2D eigenvalue weighted by Gasteiger charge is -2.11. The number of carbonyl (C=O) groups is 2. The average Bonchev–Trinajstić information content (AvgIpc) is 2.75. The molecule has 0 fully saturated rings. The normalized spacial score (nSPS) is 10.2. The molecule has 0 bridgehead atoms. The van der Waals surface area contributed by atoms with Crippen LogP contribution < -0.4 is 20.7 Å². The van der Waals surface area contributed by atoms with Crippen LogP contribution in [0, 0.1) is 0 Å². The summed E-state index contributed by atoms with van der Waals surface area (Å²) in [7, 11) is 0. The Kier molecular flexibility index (Phi) is 9.80. The highest BCUT2D eigenvalue weighted by Gasteiger charge is 2.09. The molecule has 0 aliphatic rings. The molecule has 0 heterocycles. The van der Waals surface area contributed by atoms with Gasteiger partial charge in [0.2, 0.25) is 0 Å². The van der Waals surface area contributed by atoms with Crippen LogP contribution in [0.4, 0.5) is 5.69 Å². The van der Waals surface area contributed by atoms with E-state index in [1.54, 1.807) is 48.5 Å². The minimum atomic E-state index is -0.306. The maximum Gasteiger partial charge on any atom is 0.257 e. The third-order valence-corrected chi connectivity index (χ3v) is 4.54. The van der Waals surface area contributed by atoms with E-state index in [1.165, 1.54) is 0 Å². The Morgan fingerprint density at radius 1 is 0.867 bits per heavy atom. The number of hydrogen-bond acceptors (Lipinski definition) is 4. The molecule has 0 unspecified atom stereocenters. The van der Waals surface area contributed by atoms with Crippen molar-refractivity contribution in [3.63, 3.8) is 0 Å². The molecule has 0 aliphatic heterocycles. The third kappa shape index (κ3) is 7.83. The monoisotopic (exact) mass is 427 g/mol. The molecule has 2 rings (SSSR count). The number of unbranched alkanes of at least 4 members (excludes halogenated alkanes) is 2. The summed E-state index contributed by atoms with van der Waals surface area (Å²) in [6.07, 6.45) is 4.05. The van der Waals surface area contributed by atoms with Gasteiger partial charge in [-0.3, -0.25) is 14.9 Å². The van der Waals surface area contributed by atoms with Crippen LogP contribution in [0.25, 0.3) is 0 Å².